The van der Waals surface area contributed by atoms with Crippen molar-refractivity contribution >= 4 is 0 Å². The molecule has 1 saturated carbocycles. The summed E-state index contributed by atoms with van der Waals surface area (Å²) in [6.45, 7) is 2.76. The Morgan fingerprint density at radius 3 is 2.90 bits per heavy atom. The van der Waals surface area contributed by atoms with Gasteiger partial charge in [0.05, 0.1) is 30.6 Å². The van der Waals surface area contributed by atoms with Gasteiger partial charge in [0, 0.05) is 18.5 Å². The summed E-state index contributed by atoms with van der Waals surface area (Å²) in [6.07, 6.45) is 10.2. The van der Waals surface area contributed by atoms with E-state index < -0.39 is 0 Å². The van der Waals surface area contributed by atoms with Crippen molar-refractivity contribution in [3.05, 3.63) is 18.0 Å². The number of nitrogens with zero attached hydrogens (tertiary/aromatic N) is 2. The summed E-state index contributed by atoms with van der Waals surface area (Å²) in [7, 11) is 0. The lowest BCUT2D eigenvalue weighted by Crippen LogP contribution is -2.23. The molecule has 0 bridgehead atoms. The Bertz CT molecular complexity index is 426. The Kier molecular flexibility index (Phi) is 4.41. The molecule has 1 N–H and O–H groups in total. The Labute approximate surface area is 121 Å². The van der Waals surface area contributed by atoms with Crippen LogP contribution in [0.4, 0.5) is 0 Å². The summed E-state index contributed by atoms with van der Waals surface area (Å²) >= 11 is 0. The van der Waals surface area contributed by atoms with Gasteiger partial charge in [0.15, 0.2) is 0 Å². The van der Waals surface area contributed by atoms with Crippen molar-refractivity contribution in [2.75, 3.05) is 6.61 Å². The summed E-state index contributed by atoms with van der Waals surface area (Å²) in [4.78, 5) is 0. The van der Waals surface area contributed by atoms with Crippen LogP contribution >= 0.6 is 0 Å². The molecule has 1 aromatic heterocycles. The van der Waals surface area contributed by atoms with E-state index in [1.165, 1.54) is 32.1 Å². The Morgan fingerprint density at radius 2 is 2.20 bits per heavy atom. The lowest BCUT2D eigenvalue weighted by molar-refractivity contribution is 0.0800. The smallest absolute Gasteiger partial charge is 0.0650 e. The molecule has 112 valence electrons. The second-order valence-electron chi connectivity index (χ2n) is 6.49. The fourth-order valence-corrected chi connectivity index (χ4v) is 3.53. The maximum atomic E-state index is 10.3. The molecule has 2 heterocycles. The molecule has 2 aliphatic rings. The van der Waals surface area contributed by atoms with Gasteiger partial charge in [-0.2, -0.15) is 5.10 Å². The third-order valence-corrected chi connectivity index (χ3v) is 4.80. The average Bonchev–Trinajstić information content (AvgIpc) is 3.09. The molecule has 20 heavy (non-hydrogen) atoms. The quantitative estimate of drug-likeness (QED) is 0.921. The van der Waals surface area contributed by atoms with Crippen LogP contribution in [0.2, 0.25) is 0 Å². The molecule has 0 amide bonds. The van der Waals surface area contributed by atoms with Gasteiger partial charge in [0.2, 0.25) is 0 Å². The minimum absolute atomic E-state index is 0.268. The zero-order valence-corrected chi connectivity index (χ0v) is 12.4. The number of ether oxygens (including phenoxy) is 1. The summed E-state index contributed by atoms with van der Waals surface area (Å²) in [6, 6.07) is 2.64. The summed E-state index contributed by atoms with van der Waals surface area (Å²) in [5.41, 5.74) is 1.02. The standard InChI is InChI=1S/C16H26N2O2/c1-12-9-13(11-20-12)16(19)10-14-7-8-18(17-14)15-5-3-2-4-6-15/h7-8,12-13,15-16,19H,2-6,9-11H2,1H3. The topological polar surface area (TPSA) is 47.3 Å². The number of aliphatic hydroxyl groups is 1. The van der Waals surface area contributed by atoms with Gasteiger partial charge in [-0.25, -0.2) is 0 Å². The molecule has 4 nitrogen and oxygen atoms in total. The molecule has 3 rings (SSSR count). The molecular weight excluding hydrogens is 252 g/mol. The lowest BCUT2D eigenvalue weighted by Gasteiger charge is -2.22. The molecule has 4 heteroatoms. The largest absolute Gasteiger partial charge is 0.392 e. The van der Waals surface area contributed by atoms with Crippen LogP contribution in [0.1, 0.15) is 57.2 Å². The fraction of sp³-hybridized carbons (Fsp3) is 0.812. The molecular formula is C16H26N2O2. The zero-order valence-electron chi connectivity index (χ0n) is 12.4. The van der Waals surface area contributed by atoms with Crippen LogP contribution in [0.15, 0.2) is 12.3 Å². The highest BCUT2D eigenvalue weighted by Gasteiger charge is 2.29. The van der Waals surface area contributed by atoms with Crippen molar-refractivity contribution in [3.8, 4) is 0 Å². The summed E-state index contributed by atoms with van der Waals surface area (Å²) in [5.74, 6) is 0.268. The first-order chi connectivity index (χ1) is 9.72. The van der Waals surface area contributed by atoms with Gasteiger partial charge in [-0.3, -0.25) is 4.68 Å². The zero-order chi connectivity index (χ0) is 13.9. The Hall–Kier alpha value is -0.870. The average molecular weight is 278 g/mol. The molecule has 1 aliphatic carbocycles. The highest BCUT2D eigenvalue weighted by molar-refractivity contribution is 5.02. The van der Waals surface area contributed by atoms with E-state index in [0.717, 1.165) is 12.1 Å². The second-order valence-corrected chi connectivity index (χ2v) is 6.49. The van der Waals surface area contributed by atoms with Gasteiger partial charge < -0.3 is 9.84 Å². The van der Waals surface area contributed by atoms with Crippen LogP contribution in [0.3, 0.4) is 0 Å². The third-order valence-electron chi connectivity index (χ3n) is 4.80. The lowest BCUT2D eigenvalue weighted by atomic mass is 9.96. The van der Waals surface area contributed by atoms with E-state index in [4.69, 9.17) is 4.74 Å². The van der Waals surface area contributed by atoms with Crippen molar-refractivity contribution in [2.24, 2.45) is 5.92 Å². The molecule has 2 fully saturated rings. The van der Waals surface area contributed by atoms with Crippen molar-refractivity contribution < 1.29 is 9.84 Å². The van der Waals surface area contributed by atoms with E-state index in [2.05, 4.69) is 29.0 Å². The maximum Gasteiger partial charge on any atom is 0.0650 e. The van der Waals surface area contributed by atoms with Crippen LogP contribution in [0.25, 0.3) is 0 Å². The van der Waals surface area contributed by atoms with E-state index in [1.807, 2.05) is 0 Å². The van der Waals surface area contributed by atoms with E-state index in [-0.39, 0.29) is 18.1 Å². The van der Waals surface area contributed by atoms with E-state index in [1.54, 1.807) is 0 Å². The van der Waals surface area contributed by atoms with Gasteiger partial charge in [-0.1, -0.05) is 19.3 Å². The van der Waals surface area contributed by atoms with E-state index in [0.29, 0.717) is 19.1 Å². The predicted molar refractivity (Wildman–Crippen MR) is 77.6 cm³/mol. The predicted octanol–water partition coefficient (Wildman–Crippen LogP) is 2.72. The van der Waals surface area contributed by atoms with E-state index >= 15 is 0 Å². The second kappa shape index (κ2) is 6.27. The van der Waals surface area contributed by atoms with Gasteiger partial charge in [0.1, 0.15) is 0 Å². The molecule has 1 aliphatic heterocycles. The van der Waals surface area contributed by atoms with Crippen LogP contribution < -0.4 is 0 Å². The molecule has 3 atom stereocenters. The molecule has 0 spiro atoms. The SMILES string of the molecule is CC1CC(C(O)Cc2ccn(C3CCCCC3)n2)CO1. The van der Waals surface area contributed by atoms with Gasteiger partial charge in [0.25, 0.3) is 0 Å². The highest BCUT2D eigenvalue weighted by Crippen LogP contribution is 2.28. The van der Waals surface area contributed by atoms with Crippen LogP contribution in [0.5, 0.6) is 0 Å². The van der Waals surface area contributed by atoms with E-state index in [9.17, 15) is 5.11 Å². The third kappa shape index (κ3) is 3.23. The number of aromatic nitrogens is 2. The number of hydrogen-bond donors (Lipinski definition) is 1. The minimum Gasteiger partial charge on any atom is -0.392 e. The molecule has 0 radical (unpaired) electrons. The highest BCUT2D eigenvalue weighted by atomic mass is 16.5. The van der Waals surface area contributed by atoms with Crippen molar-refractivity contribution in [1.82, 2.24) is 9.78 Å². The number of rotatable bonds is 4. The molecule has 0 aromatic carbocycles. The molecule has 1 saturated heterocycles. The van der Waals surface area contributed by atoms with Crippen molar-refractivity contribution in [3.63, 3.8) is 0 Å². The first-order valence-corrected chi connectivity index (χ1v) is 8.06. The minimum atomic E-state index is -0.324. The number of hydrogen-bond acceptors (Lipinski definition) is 3. The Balaban J connectivity index is 1.56. The number of aliphatic hydroxyl groups excluding tert-OH is 1. The van der Waals surface area contributed by atoms with Crippen molar-refractivity contribution in [2.45, 2.75) is 70.1 Å². The van der Waals surface area contributed by atoms with Gasteiger partial charge in [-0.15, -0.1) is 0 Å². The summed E-state index contributed by atoms with van der Waals surface area (Å²) in [5, 5.41) is 15.0. The summed E-state index contributed by atoms with van der Waals surface area (Å²) < 4.78 is 7.66. The maximum absolute atomic E-state index is 10.3. The normalized spacial score (nSPS) is 29.7. The van der Waals surface area contributed by atoms with Crippen molar-refractivity contribution in [1.29, 1.82) is 0 Å². The fourth-order valence-electron chi connectivity index (χ4n) is 3.53. The molecule has 1 aromatic rings. The first kappa shape index (κ1) is 14.1. The van der Waals surface area contributed by atoms with Crippen LogP contribution in [-0.2, 0) is 11.2 Å². The van der Waals surface area contributed by atoms with Crippen LogP contribution in [-0.4, -0.2) is 33.7 Å². The Morgan fingerprint density at radius 1 is 1.40 bits per heavy atom. The van der Waals surface area contributed by atoms with Gasteiger partial charge >= 0.3 is 0 Å². The monoisotopic (exact) mass is 278 g/mol. The molecule has 3 unspecified atom stereocenters. The first-order valence-electron chi connectivity index (χ1n) is 8.06. The van der Waals surface area contributed by atoms with Crippen LogP contribution in [0, 0.1) is 5.92 Å². The van der Waals surface area contributed by atoms with Gasteiger partial charge in [-0.05, 0) is 32.3 Å².